The molecular weight excluding hydrogens is 224 g/mol. The summed E-state index contributed by atoms with van der Waals surface area (Å²) in [5.74, 6) is -1.68. The first-order valence-corrected chi connectivity index (χ1v) is 5.67. The molecule has 0 spiro atoms. The third-order valence-corrected chi connectivity index (χ3v) is 2.92. The number of nitrogens with zero attached hydrogens (tertiary/aromatic N) is 1. The van der Waals surface area contributed by atoms with Gasteiger partial charge in [-0.05, 0) is 31.9 Å². The molecule has 17 heavy (non-hydrogen) atoms. The first kappa shape index (κ1) is 13.6. The summed E-state index contributed by atoms with van der Waals surface area (Å²) < 4.78 is 25.8. The Morgan fingerprint density at radius 1 is 1.35 bits per heavy atom. The Morgan fingerprint density at radius 3 is 2.65 bits per heavy atom. The van der Waals surface area contributed by atoms with Crippen molar-refractivity contribution >= 4 is 12.0 Å². The van der Waals surface area contributed by atoms with E-state index in [1.807, 2.05) is 18.9 Å². The molecule has 4 heteroatoms. The van der Waals surface area contributed by atoms with Gasteiger partial charge < -0.3 is 9.69 Å². The number of carbonyl (C=O) groups is 1. The molecule has 94 valence electrons. The molecule has 0 fully saturated rings. The zero-order valence-electron chi connectivity index (χ0n) is 10.1. The molecule has 0 aliphatic heterocycles. The molecule has 1 atom stereocenters. The molecule has 0 aliphatic rings. The fourth-order valence-electron chi connectivity index (χ4n) is 1.65. The van der Waals surface area contributed by atoms with E-state index in [0.717, 1.165) is 25.2 Å². The maximum atomic E-state index is 13.1. The molecule has 0 aliphatic carbocycles. The molecule has 0 radical (unpaired) electrons. The summed E-state index contributed by atoms with van der Waals surface area (Å²) in [6.45, 7) is 1.99. The van der Waals surface area contributed by atoms with Gasteiger partial charge in [0.1, 0.15) is 6.29 Å². The maximum Gasteiger partial charge on any atom is 0.160 e. The average Bonchev–Trinajstić information content (AvgIpc) is 2.32. The van der Waals surface area contributed by atoms with Crippen LogP contribution in [-0.2, 0) is 4.79 Å². The standard InChI is InChI=1S/C13H17F2NO/c1-10(5-3-4-8-17)16(2)11-6-7-12(14)13(15)9-11/h6-10H,3-5H2,1-2H3. The van der Waals surface area contributed by atoms with Crippen LogP contribution in [0.15, 0.2) is 18.2 Å². The first-order valence-electron chi connectivity index (χ1n) is 5.67. The second kappa shape index (κ2) is 6.33. The van der Waals surface area contributed by atoms with Crippen LogP contribution >= 0.6 is 0 Å². The van der Waals surface area contributed by atoms with E-state index in [4.69, 9.17) is 0 Å². The van der Waals surface area contributed by atoms with Crippen molar-refractivity contribution in [3.05, 3.63) is 29.8 Å². The molecule has 0 heterocycles. The van der Waals surface area contributed by atoms with E-state index >= 15 is 0 Å². The summed E-state index contributed by atoms with van der Waals surface area (Å²) in [5, 5.41) is 0. The number of hydrogen-bond acceptors (Lipinski definition) is 2. The van der Waals surface area contributed by atoms with Crippen LogP contribution < -0.4 is 4.90 Å². The Balaban J connectivity index is 2.64. The molecular formula is C13H17F2NO. The number of halogens is 2. The van der Waals surface area contributed by atoms with Crippen LogP contribution in [0.2, 0.25) is 0 Å². The van der Waals surface area contributed by atoms with E-state index in [-0.39, 0.29) is 6.04 Å². The van der Waals surface area contributed by atoms with Crippen molar-refractivity contribution in [3.8, 4) is 0 Å². The lowest BCUT2D eigenvalue weighted by Gasteiger charge is -2.27. The van der Waals surface area contributed by atoms with Gasteiger partial charge >= 0.3 is 0 Å². The van der Waals surface area contributed by atoms with Crippen molar-refractivity contribution < 1.29 is 13.6 Å². The predicted octanol–water partition coefficient (Wildman–Crippen LogP) is 3.16. The van der Waals surface area contributed by atoms with E-state index in [1.54, 1.807) is 6.07 Å². The van der Waals surface area contributed by atoms with Crippen LogP contribution in [0.3, 0.4) is 0 Å². The van der Waals surface area contributed by atoms with Crippen LogP contribution in [0, 0.1) is 11.6 Å². The Labute approximate surface area is 100 Å². The number of rotatable bonds is 6. The zero-order valence-corrected chi connectivity index (χ0v) is 10.1. The number of benzene rings is 1. The summed E-state index contributed by atoms with van der Waals surface area (Å²) in [4.78, 5) is 12.1. The quantitative estimate of drug-likeness (QED) is 0.563. The second-order valence-electron chi connectivity index (χ2n) is 4.16. The molecule has 0 saturated heterocycles. The molecule has 2 nitrogen and oxygen atoms in total. The van der Waals surface area contributed by atoms with Crippen molar-refractivity contribution in [2.75, 3.05) is 11.9 Å². The van der Waals surface area contributed by atoms with Gasteiger partial charge in [0, 0.05) is 31.3 Å². The topological polar surface area (TPSA) is 20.3 Å². The molecule has 1 rings (SSSR count). The summed E-state index contributed by atoms with van der Waals surface area (Å²) >= 11 is 0. The van der Waals surface area contributed by atoms with Gasteiger partial charge in [-0.2, -0.15) is 0 Å². The van der Waals surface area contributed by atoms with E-state index < -0.39 is 11.6 Å². The minimum Gasteiger partial charge on any atom is -0.372 e. The summed E-state index contributed by atoms with van der Waals surface area (Å²) in [6, 6.07) is 4.04. The van der Waals surface area contributed by atoms with Gasteiger partial charge in [-0.3, -0.25) is 0 Å². The van der Waals surface area contributed by atoms with Crippen LogP contribution in [0.5, 0.6) is 0 Å². The van der Waals surface area contributed by atoms with Gasteiger partial charge in [-0.25, -0.2) is 8.78 Å². The van der Waals surface area contributed by atoms with Crippen molar-refractivity contribution in [3.63, 3.8) is 0 Å². The molecule has 0 bridgehead atoms. The summed E-state index contributed by atoms with van der Waals surface area (Å²) in [5.41, 5.74) is 0.641. The van der Waals surface area contributed by atoms with Crippen LogP contribution in [-0.4, -0.2) is 19.4 Å². The van der Waals surface area contributed by atoms with Crippen molar-refractivity contribution in [1.82, 2.24) is 0 Å². The lowest BCUT2D eigenvalue weighted by atomic mass is 10.1. The highest BCUT2D eigenvalue weighted by Crippen LogP contribution is 2.20. The number of unbranched alkanes of at least 4 members (excludes halogenated alkanes) is 1. The van der Waals surface area contributed by atoms with Crippen LogP contribution in [0.25, 0.3) is 0 Å². The van der Waals surface area contributed by atoms with Gasteiger partial charge in [0.2, 0.25) is 0 Å². The van der Waals surface area contributed by atoms with Crippen LogP contribution in [0.4, 0.5) is 14.5 Å². The largest absolute Gasteiger partial charge is 0.372 e. The highest BCUT2D eigenvalue weighted by Gasteiger charge is 2.11. The third-order valence-electron chi connectivity index (χ3n) is 2.92. The lowest BCUT2D eigenvalue weighted by molar-refractivity contribution is -0.107. The second-order valence-corrected chi connectivity index (χ2v) is 4.16. The van der Waals surface area contributed by atoms with Gasteiger partial charge in [0.05, 0.1) is 0 Å². The molecule has 1 unspecified atom stereocenters. The van der Waals surface area contributed by atoms with Gasteiger partial charge in [-0.1, -0.05) is 0 Å². The minimum atomic E-state index is -0.838. The third kappa shape index (κ3) is 3.80. The predicted molar refractivity (Wildman–Crippen MR) is 64.1 cm³/mol. The van der Waals surface area contributed by atoms with E-state index in [2.05, 4.69) is 0 Å². The molecule has 1 aromatic rings. The Hall–Kier alpha value is -1.45. The number of anilines is 1. The molecule has 0 aromatic heterocycles. The van der Waals surface area contributed by atoms with Gasteiger partial charge in [0.15, 0.2) is 11.6 Å². The Bertz CT molecular complexity index is 382. The smallest absolute Gasteiger partial charge is 0.160 e. The summed E-state index contributed by atoms with van der Waals surface area (Å²) in [6.07, 6.45) is 3.08. The monoisotopic (exact) mass is 241 g/mol. The number of hydrogen-bond donors (Lipinski definition) is 0. The molecule has 0 saturated carbocycles. The lowest BCUT2D eigenvalue weighted by Crippen LogP contribution is -2.28. The maximum absolute atomic E-state index is 13.1. The first-order chi connectivity index (χ1) is 8.06. The van der Waals surface area contributed by atoms with Crippen LogP contribution in [0.1, 0.15) is 26.2 Å². The van der Waals surface area contributed by atoms with E-state index in [0.29, 0.717) is 12.1 Å². The van der Waals surface area contributed by atoms with Crippen molar-refractivity contribution in [2.24, 2.45) is 0 Å². The fraction of sp³-hybridized carbons (Fsp3) is 0.462. The van der Waals surface area contributed by atoms with E-state index in [1.165, 1.54) is 6.07 Å². The normalized spacial score (nSPS) is 12.2. The minimum absolute atomic E-state index is 0.180. The Morgan fingerprint density at radius 2 is 2.06 bits per heavy atom. The average molecular weight is 241 g/mol. The fourth-order valence-corrected chi connectivity index (χ4v) is 1.65. The number of carbonyl (C=O) groups excluding carboxylic acids is 1. The molecule has 1 aromatic carbocycles. The highest BCUT2D eigenvalue weighted by atomic mass is 19.2. The van der Waals surface area contributed by atoms with Gasteiger partial charge in [-0.15, -0.1) is 0 Å². The number of aldehydes is 1. The SMILES string of the molecule is CC(CCCC=O)N(C)c1ccc(F)c(F)c1. The van der Waals surface area contributed by atoms with Crippen molar-refractivity contribution in [2.45, 2.75) is 32.2 Å². The Kier molecular flexibility index (Phi) is 5.07. The van der Waals surface area contributed by atoms with Gasteiger partial charge in [0.25, 0.3) is 0 Å². The molecule has 0 N–H and O–H groups in total. The summed E-state index contributed by atoms with van der Waals surface area (Å²) in [7, 11) is 1.83. The van der Waals surface area contributed by atoms with Crippen molar-refractivity contribution in [1.29, 1.82) is 0 Å². The van der Waals surface area contributed by atoms with E-state index in [9.17, 15) is 13.6 Å². The zero-order chi connectivity index (χ0) is 12.8. The molecule has 0 amide bonds. The highest BCUT2D eigenvalue weighted by molar-refractivity contribution is 5.49.